The molecule has 40 heavy (non-hydrogen) atoms. The largest absolute Gasteiger partial charge is 0.401 e. The standard InChI is InChI=1S/C29H32Cl2F3N3O3/c30-25-16-22(17-26(31)24(25)15-21-5-8-37(28(21)39)23-6-13-40-14-7-23)19-1-3-20(4-2-19)27(38)36-11-9-35(10-12-36)18-29(32,33)34/h1-4,16-17,21,23H,5-15,18H2/t21-/m0/s1. The van der Waals surface area contributed by atoms with E-state index < -0.39 is 12.7 Å². The van der Waals surface area contributed by atoms with E-state index in [0.29, 0.717) is 35.2 Å². The van der Waals surface area contributed by atoms with E-state index in [1.807, 2.05) is 17.0 Å². The predicted molar refractivity (Wildman–Crippen MR) is 148 cm³/mol. The topological polar surface area (TPSA) is 53.1 Å². The SMILES string of the molecule is O=C(c1ccc(-c2cc(Cl)c(C[C@@H]3CCN(C4CCOCC4)C3=O)c(Cl)c2)cc1)N1CCN(CC(F)(F)F)CC1. The van der Waals surface area contributed by atoms with Gasteiger partial charge in [-0.25, -0.2) is 0 Å². The lowest BCUT2D eigenvalue weighted by Gasteiger charge is -2.35. The van der Waals surface area contributed by atoms with E-state index in [0.717, 1.165) is 42.5 Å². The van der Waals surface area contributed by atoms with E-state index in [2.05, 4.69) is 0 Å². The van der Waals surface area contributed by atoms with E-state index in [4.69, 9.17) is 27.9 Å². The van der Waals surface area contributed by atoms with Crippen molar-refractivity contribution in [3.8, 4) is 11.1 Å². The molecule has 0 aliphatic carbocycles. The van der Waals surface area contributed by atoms with E-state index in [1.165, 1.54) is 4.90 Å². The Morgan fingerprint density at radius 3 is 2.12 bits per heavy atom. The summed E-state index contributed by atoms with van der Waals surface area (Å²) < 4.78 is 43.3. The van der Waals surface area contributed by atoms with E-state index >= 15 is 0 Å². The van der Waals surface area contributed by atoms with Gasteiger partial charge in [0.25, 0.3) is 5.91 Å². The van der Waals surface area contributed by atoms with Crippen LogP contribution in [0, 0.1) is 5.92 Å². The molecule has 0 saturated carbocycles. The van der Waals surface area contributed by atoms with Gasteiger partial charge < -0.3 is 14.5 Å². The number of rotatable bonds is 6. The second kappa shape index (κ2) is 12.3. The lowest BCUT2D eigenvalue weighted by Crippen LogP contribution is -2.50. The molecule has 5 rings (SSSR count). The Hall–Kier alpha value is -2.33. The van der Waals surface area contributed by atoms with E-state index in [-0.39, 0.29) is 50.0 Å². The maximum atomic E-state index is 13.1. The zero-order valence-electron chi connectivity index (χ0n) is 22.1. The summed E-state index contributed by atoms with van der Waals surface area (Å²) in [5.41, 5.74) is 2.84. The summed E-state index contributed by atoms with van der Waals surface area (Å²) in [6, 6.07) is 10.9. The van der Waals surface area contributed by atoms with Crippen LogP contribution < -0.4 is 0 Å². The Morgan fingerprint density at radius 1 is 0.900 bits per heavy atom. The maximum absolute atomic E-state index is 13.1. The van der Waals surface area contributed by atoms with Gasteiger partial charge in [0.1, 0.15) is 0 Å². The highest BCUT2D eigenvalue weighted by atomic mass is 35.5. The Bertz CT molecular complexity index is 1200. The summed E-state index contributed by atoms with van der Waals surface area (Å²) in [6.07, 6.45) is -1.24. The number of ether oxygens (including phenoxy) is 1. The molecular formula is C29H32Cl2F3N3O3. The van der Waals surface area contributed by atoms with Crippen LogP contribution in [0.3, 0.4) is 0 Å². The quantitative estimate of drug-likeness (QED) is 0.438. The fourth-order valence-corrected chi connectivity index (χ4v) is 6.51. The van der Waals surface area contributed by atoms with Gasteiger partial charge in [0, 0.05) is 73.5 Å². The van der Waals surface area contributed by atoms with Gasteiger partial charge in [-0.15, -0.1) is 0 Å². The first kappa shape index (κ1) is 29.2. The Morgan fingerprint density at radius 2 is 1.52 bits per heavy atom. The Labute approximate surface area is 241 Å². The van der Waals surface area contributed by atoms with Gasteiger partial charge in [-0.3, -0.25) is 14.5 Å². The molecule has 3 saturated heterocycles. The minimum atomic E-state index is -4.24. The van der Waals surface area contributed by atoms with Crippen LogP contribution in [-0.2, 0) is 16.0 Å². The highest BCUT2D eigenvalue weighted by molar-refractivity contribution is 6.36. The van der Waals surface area contributed by atoms with Crippen LogP contribution in [0.15, 0.2) is 36.4 Å². The van der Waals surface area contributed by atoms with Crippen molar-refractivity contribution in [2.24, 2.45) is 5.92 Å². The highest BCUT2D eigenvalue weighted by Gasteiger charge is 2.37. The van der Waals surface area contributed by atoms with Crippen molar-refractivity contribution in [3.63, 3.8) is 0 Å². The number of alkyl halides is 3. The zero-order chi connectivity index (χ0) is 28.4. The first-order valence-corrected chi connectivity index (χ1v) is 14.4. The fourth-order valence-electron chi connectivity index (χ4n) is 5.87. The number of halogens is 5. The number of amides is 2. The van der Waals surface area contributed by atoms with Crippen LogP contribution in [-0.4, -0.2) is 91.2 Å². The number of nitrogens with zero attached hydrogens (tertiary/aromatic N) is 3. The van der Waals surface area contributed by atoms with Crippen LogP contribution in [0.4, 0.5) is 13.2 Å². The molecule has 2 aromatic rings. The van der Waals surface area contributed by atoms with Crippen molar-refractivity contribution in [3.05, 3.63) is 57.6 Å². The number of carbonyl (C=O) groups is 2. The summed E-state index contributed by atoms with van der Waals surface area (Å²) in [5, 5.41) is 0.994. The second-order valence-electron chi connectivity index (χ2n) is 10.7. The number of benzene rings is 2. The summed E-state index contributed by atoms with van der Waals surface area (Å²) in [5.74, 6) is -0.199. The number of carbonyl (C=O) groups excluding carboxylic acids is 2. The van der Waals surface area contributed by atoms with Crippen molar-refractivity contribution in [1.82, 2.24) is 14.7 Å². The smallest absolute Gasteiger partial charge is 0.381 e. The molecule has 0 spiro atoms. The number of hydrogen-bond acceptors (Lipinski definition) is 4. The van der Waals surface area contributed by atoms with Crippen LogP contribution in [0.25, 0.3) is 11.1 Å². The molecule has 3 fully saturated rings. The van der Waals surface area contributed by atoms with Gasteiger partial charge in [0.15, 0.2) is 0 Å². The molecule has 11 heteroatoms. The summed E-state index contributed by atoms with van der Waals surface area (Å²) in [7, 11) is 0. The fraction of sp³-hybridized carbons (Fsp3) is 0.517. The highest BCUT2D eigenvalue weighted by Crippen LogP contribution is 2.36. The third-order valence-corrected chi connectivity index (χ3v) is 8.78. The molecule has 0 unspecified atom stereocenters. The number of hydrogen-bond donors (Lipinski definition) is 0. The molecular weight excluding hydrogens is 566 g/mol. The van der Waals surface area contributed by atoms with Crippen molar-refractivity contribution < 1.29 is 27.5 Å². The van der Waals surface area contributed by atoms with Gasteiger partial charge in [0.2, 0.25) is 5.91 Å². The van der Waals surface area contributed by atoms with Crippen LogP contribution in [0.5, 0.6) is 0 Å². The van der Waals surface area contributed by atoms with E-state index in [9.17, 15) is 22.8 Å². The molecule has 0 radical (unpaired) electrons. The van der Waals surface area contributed by atoms with Crippen LogP contribution >= 0.6 is 23.2 Å². The minimum absolute atomic E-state index is 0.149. The molecule has 0 aromatic heterocycles. The molecule has 3 aliphatic rings. The van der Waals surface area contributed by atoms with Crippen LogP contribution in [0.1, 0.15) is 35.2 Å². The van der Waals surface area contributed by atoms with Crippen molar-refractivity contribution in [2.45, 2.75) is 37.9 Å². The molecule has 0 bridgehead atoms. The molecule has 2 aromatic carbocycles. The van der Waals surface area contributed by atoms with Crippen molar-refractivity contribution >= 4 is 35.0 Å². The Balaban J connectivity index is 1.21. The summed E-state index contributed by atoms with van der Waals surface area (Å²) in [4.78, 5) is 30.9. The normalized spacial score (nSPS) is 21.3. The Kier molecular flexibility index (Phi) is 8.95. The van der Waals surface area contributed by atoms with Crippen molar-refractivity contribution in [1.29, 1.82) is 0 Å². The molecule has 3 heterocycles. The second-order valence-corrected chi connectivity index (χ2v) is 11.6. The number of piperazine rings is 1. The zero-order valence-corrected chi connectivity index (χ0v) is 23.6. The third-order valence-electron chi connectivity index (χ3n) is 8.10. The van der Waals surface area contributed by atoms with Gasteiger partial charge in [-0.2, -0.15) is 13.2 Å². The van der Waals surface area contributed by atoms with Gasteiger partial charge in [-0.05, 0) is 66.6 Å². The first-order chi connectivity index (χ1) is 19.1. The monoisotopic (exact) mass is 597 g/mol. The van der Waals surface area contributed by atoms with Crippen molar-refractivity contribution in [2.75, 3.05) is 52.5 Å². The lowest BCUT2D eigenvalue weighted by molar-refractivity contribution is -0.148. The average Bonchev–Trinajstić information content (AvgIpc) is 3.30. The third kappa shape index (κ3) is 6.75. The minimum Gasteiger partial charge on any atom is -0.381 e. The predicted octanol–water partition coefficient (Wildman–Crippen LogP) is 5.55. The first-order valence-electron chi connectivity index (χ1n) is 13.6. The van der Waals surface area contributed by atoms with Gasteiger partial charge >= 0.3 is 6.18 Å². The van der Waals surface area contributed by atoms with Gasteiger partial charge in [-0.1, -0.05) is 35.3 Å². The molecule has 0 N–H and O–H groups in total. The molecule has 1 atom stereocenters. The molecule has 3 aliphatic heterocycles. The summed E-state index contributed by atoms with van der Waals surface area (Å²) >= 11 is 13.3. The maximum Gasteiger partial charge on any atom is 0.401 e. The molecule has 216 valence electrons. The van der Waals surface area contributed by atoms with E-state index in [1.54, 1.807) is 29.2 Å². The molecule has 6 nitrogen and oxygen atoms in total. The molecule has 2 amide bonds. The lowest BCUT2D eigenvalue weighted by atomic mass is 9.95. The van der Waals surface area contributed by atoms with Crippen LogP contribution in [0.2, 0.25) is 10.0 Å². The van der Waals surface area contributed by atoms with Gasteiger partial charge in [0.05, 0.1) is 6.54 Å². The number of likely N-dealkylation sites (tertiary alicyclic amines) is 1. The summed E-state index contributed by atoms with van der Waals surface area (Å²) in [6.45, 7) is 2.04. The average molecular weight is 598 g/mol.